The average Bonchev–Trinajstić information content (AvgIpc) is 3.33. The molecule has 0 aliphatic heterocycles. The van der Waals surface area contributed by atoms with Crippen molar-refractivity contribution in [1.29, 1.82) is 0 Å². The zero-order valence-electron chi connectivity index (χ0n) is 39.2. The quantitative estimate of drug-likeness (QED) is 0.0348. The van der Waals surface area contributed by atoms with E-state index >= 15 is 0 Å². The summed E-state index contributed by atoms with van der Waals surface area (Å²) in [5, 5.41) is 19.1. The number of nitrogens with one attached hydrogen (secondary N) is 2. The van der Waals surface area contributed by atoms with Crippen LogP contribution in [-0.4, -0.2) is 49.7 Å². The molecule has 4 N–H and O–H groups in total. The molecule has 1 aromatic heterocycles. The molecule has 0 atom stereocenters. The fourth-order valence-electron chi connectivity index (χ4n) is 8.15. The number of anilines is 2. The van der Waals surface area contributed by atoms with Crippen LogP contribution < -0.4 is 9.44 Å². The number of benzene rings is 5. The number of carboxylic acid groups (broad SMARTS) is 2. The Labute approximate surface area is 403 Å². The summed E-state index contributed by atoms with van der Waals surface area (Å²) in [6.07, 6.45) is 21.3. The third-order valence-corrected chi connectivity index (χ3v) is 14.7. The number of fused-ring (bicyclic) bond motifs is 1. The number of aryl methyl sites for hydroxylation is 4. The van der Waals surface area contributed by atoms with E-state index in [0.717, 1.165) is 40.5 Å². The maximum atomic E-state index is 13.1. The van der Waals surface area contributed by atoms with Crippen molar-refractivity contribution in [2.45, 2.75) is 127 Å². The van der Waals surface area contributed by atoms with E-state index in [4.69, 9.17) is 5.11 Å². The maximum Gasteiger partial charge on any atom is 0.335 e. The number of carbonyl (C=O) groups is 2. The third kappa shape index (κ3) is 17.9. The number of para-hydroxylation sites is 3. The second kappa shape index (κ2) is 27.7. The van der Waals surface area contributed by atoms with E-state index in [9.17, 15) is 31.5 Å². The first-order chi connectivity index (χ1) is 32.8. The van der Waals surface area contributed by atoms with Gasteiger partial charge >= 0.3 is 11.9 Å². The molecule has 68 heavy (non-hydrogen) atoms. The second-order valence-electron chi connectivity index (χ2n) is 17.3. The van der Waals surface area contributed by atoms with E-state index in [0.29, 0.717) is 49.0 Å². The number of aromatic carboxylic acids is 2. The van der Waals surface area contributed by atoms with Gasteiger partial charge in [0, 0.05) is 11.6 Å². The lowest BCUT2D eigenvalue weighted by Gasteiger charge is -2.14. The SMILES string of the molecule is CCCCCCCCCCCCCCCCS(=O)(=O)Nc1ccccc1CCc1cccc(C(=O)O)c1.O=C(O)c1cccc(CCc2ccccc2NS(=O)(=O)c2cccc3cccnc23)c1. The first kappa shape index (κ1) is 52.9. The first-order valence-electron chi connectivity index (χ1n) is 24.0. The topological polar surface area (TPSA) is 180 Å². The molecule has 13 heteroatoms. The lowest BCUT2D eigenvalue weighted by atomic mass is 10.0. The molecule has 0 unspecified atom stereocenters. The van der Waals surface area contributed by atoms with Crippen molar-refractivity contribution >= 4 is 54.3 Å². The third-order valence-electron chi connectivity index (χ3n) is 11.9. The summed E-state index contributed by atoms with van der Waals surface area (Å²) in [7, 11) is -7.26. The van der Waals surface area contributed by atoms with Gasteiger partial charge < -0.3 is 10.2 Å². The molecule has 0 fully saturated rings. The summed E-state index contributed by atoms with van der Waals surface area (Å²) in [5.41, 5.74) is 5.53. The Kier molecular flexibility index (Phi) is 21.5. The number of pyridine rings is 1. The molecule has 5 aromatic carbocycles. The Morgan fingerprint density at radius 2 is 0.956 bits per heavy atom. The molecule has 0 bridgehead atoms. The zero-order valence-corrected chi connectivity index (χ0v) is 40.9. The van der Waals surface area contributed by atoms with E-state index in [2.05, 4.69) is 21.4 Å². The summed E-state index contributed by atoms with van der Waals surface area (Å²) in [6.45, 7) is 2.26. The highest BCUT2D eigenvalue weighted by Crippen LogP contribution is 2.26. The summed E-state index contributed by atoms with van der Waals surface area (Å²) in [6, 6.07) is 36.9. The van der Waals surface area contributed by atoms with E-state index < -0.39 is 32.0 Å². The minimum atomic E-state index is -3.85. The summed E-state index contributed by atoms with van der Waals surface area (Å²) in [5.74, 6) is -1.78. The Morgan fingerprint density at radius 3 is 1.47 bits per heavy atom. The molecule has 6 rings (SSSR count). The van der Waals surface area contributed by atoms with Crippen LogP contribution in [0.5, 0.6) is 0 Å². The van der Waals surface area contributed by atoms with Crippen molar-refractivity contribution in [3.63, 3.8) is 0 Å². The number of nitrogens with zero attached hydrogens (tertiary/aromatic N) is 1. The highest BCUT2D eigenvalue weighted by atomic mass is 32.2. The van der Waals surface area contributed by atoms with Crippen molar-refractivity contribution in [2.75, 3.05) is 15.2 Å². The van der Waals surface area contributed by atoms with Crippen molar-refractivity contribution in [1.82, 2.24) is 4.98 Å². The largest absolute Gasteiger partial charge is 0.478 e. The molecular weight excluding hydrogens is 895 g/mol. The van der Waals surface area contributed by atoms with Gasteiger partial charge in [-0.3, -0.25) is 14.4 Å². The first-order valence-corrected chi connectivity index (χ1v) is 27.2. The minimum Gasteiger partial charge on any atom is -0.478 e. The van der Waals surface area contributed by atoms with Crippen LogP contribution in [0.2, 0.25) is 0 Å². The molecule has 11 nitrogen and oxygen atoms in total. The van der Waals surface area contributed by atoms with Crippen molar-refractivity contribution in [3.8, 4) is 0 Å². The minimum absolute atomic E-state index is 0.120. The van der Waals surface area contributed by atoms with Crippen molar-refractivity contribution < 1.29 is 36.6 Å². The van der Waals surface area contributed by atoms with Gasteiger partial charge in [0.15, 0.2) is 0 Å². The normalized spacial score (nSPS) is 11.4. The van der Waals surface area contributed by atoms with E-state index in [1.807, 2.05) is 54.6 Å². The van der Waals surface area contributed by atoms with Crippen LogP contribution in [0.25, 0.3) is 10.9 Å². The van der Waals surface area contributed by atoms with Gasteiger partial charge in [-0.15, -0.1) is 0 Å². The van der Waals surface area contributed by atoms with Crippen molar-refractivity contribution in [2.24, 2.45) is 0 Å². The fraction of sp³-hybridized carbons (Fsp3) is 0.364. The highest BCUT2D eigenvalue weighted by molar-refractivity contribution is 7.93. The molecule has 0 spiro atoms. The number of hydrogen-bond acceptors (Lipinski definition) is 7. The Hall–Kier alpha value is -6.05. The standard InChI is InChI=1S/C31H47NO4S.C24H20N2O4S/c1-2-3-4-5-6-7-8-9-10-11-12-13-14-17-25-37(35,36)32-30-22-16-15-20-28(30)24-23-27-19-18-21-29(26-27)31(33)34;27-24(28)20-9-3-6-17(16-20)13-14-18-7-1-2-11-21(18)26-31(29,30)22-12-4-8-19-10-5-15-25-23(19)22/h15-16,18-22,26,32H,2-14,17,23-25H2,1H3,(H,33,34);1-12,15-16,26H,13-14H2,(H,27,28). The lowest BCUT2D eigenvalue weighted by molar-refractivity contribution is 0.0686. The van der Waals surface area contributed by atoms with Crippen LogP contribution in [-0.2, 0) is 45.7 Å². The van der Waals surface area contributed by atoms with Crippen molar-refractivity contribution in [3.05, 3.63) is 167 Å². The second-order valence-corrected chi connectivity index (χ2v) is 20.8. The van der Waals surface area contributed by atoms with Gasteiger partial charge in [0.1, 0.15) is 4.90 Å². The average molecular weight is 962 g/mol. The van der Waals surface area contributed by atoms with Gasteiger partial charge in [-0.25, -0.2) is 26.4 Å². The number of sulfonamides is 2. The molecule has 0 amide bonds. The molecule has 0 radical (unpaired) electrons. The maximum absolute atomic E-state index is 13.1. The number of carboxylic acids is 2. The monoisotopic (exact) mass is 961 g/mol. The van der Waals surface area contributed by atoms with Gasteiger partial charge in [-0.2, -0.15) is 0 Å². The van der Waals surface area contributed by atoms with Crippen LogP contribution in [0, 0.1) is 0 Å². The predicted molar refractivity (Wildman–Crippen MR) is 275 cm³/mol. The van der Waals surface area contributed by atoms with Crippen LogP contribution in [0.15, 0.2) is 138 Å². The van der Waals surface area contributed by atoms with E-state index in [-0.39, 0.29) is 21.8 Å². The van der Waals surface area contributed by atoms with E-state index in [1.54, 1.807) is 72.9 Å². The number of rotatable bonds is 28. The molecule has 0 saturated heterocycles. The Balaban J connectivity index is 0.000000257. The predicted octanol–water partition coefficient (Wildman–Crippen LogP) is 12.9. The molecule has 0 saturated carbocycles. The van der Waals surface area contributed by atoms with Gasteiger partial charge in [0.25, 0.3) is 10.0 Å². The van der Waals surface area contributed by atoms with Crippen LogP contribution in [0.4, 0.5) is 11.4 Å². The smallest absolute Gasteiger partial charge is 0.335 e. The Morgan fingerprint density at radius 1 is 0.500 bits per heavy atom. The molecule has 6 aromatic rings. The number of hydrogen-bond donors (Lipinski definition) is 4. The molecule has 1 heterocycles. The molecular formula is C55H67N3O8S2. The highest BCUT2D eigenvalue weighted by Gasteiger charge is 2.20. The van der Waals surface area contributed by atoms with Gasteiger partial charge in [-0.05, 0) is 103 Å². The molecule has 0 aliphatic rings. The molecule has 362 valence electrons. The number of aromatic nitrogens is 1. The lowest BCUT2D eigenvalue weighted by Crippen LogP contribution is -2.17. The zero-order chi connectivity index (χ0) is 48.6. The van der Waals surface area contributed by atoms with Gasteiger partial charge in [0.2, 0.25) is 10.0 Å². The van der Waals surface area contributed by atoms with E-state index in [1.165, 1.54) is 76.7 Å². The summed E-state index contributed by atoms with van der Waals surface area (Å²) >= 11 is 0. The van der Waals surface area contributed by atoms with Crippen LogP contribution >= 0.6 is 0 Å². The summed E-state index contributed by atoms with van der Waals surface area (Å²) in [4.78, 5) is 26.8. The van der Waals surface area contributed by atoms with Gasteiger partial charge in [-0.1, -0.05) is 169 Å². The summed E-state index contributed by atoms with van der Waals surface area (Å²) < 4.78 is 57.1. The molecule has 0 aliphatic carbocycles. The fourth-order valence-corrected chi connectivity index (χ4v) is 10.7. The Bertz CT molecular complexity index is 2750. The van der Waals surface area contributed by atoms with Crippen LogP contribution in [0.3, 0.4) is 0 Å². The van der Waals surface area contributed by atoms with Gasteiger partial charge in [0.05, 0.1) is 33.8 Å². The van der Waals surface area contributed by atoms with Crippen LogP contribution in [0.1, 0.15) is 140 Å². The number of unbranched alkanes of at least 4 members (excludes halogenated alkanes) is 13.